The summed E-state index contributed by atoms with van der Waals surface area (Å²) in [6.07, 6.45) is -3.35. The molecular formula is C8H8F3NO2S. The van der Waals surface area contributed by atoms with Crippen LogP contribution in [-0.2, 0) is 9.53 Å². The Kier molecular flexibility index (Phi) is 4.19. The minimum absolute atomic E-state index is 0.0575. The monoisotopic (exact) mass is 239 g/mol. The van der Waals surface area contributed by atoms with E-state index in [1.54, 1.807) is 0 Å². The Hall–Kier alpha value is -0.980. The molecule has 0 bridgehead atoms. The molecule has 1 unspecified atom stereocenters. The van der Waals surface area contributed by atoms with E-state index in [1.165, 1.54) is 6.92 Å². The molecule has 0 saturated heterocycles. The van der Waals surface area contributed by atoms with E-state index in [4.69, 9.17) is 4.74 Å². The Morgan fingerprint density at radius 2 is 2.20 bits per heavy atom. The van der Waals surface area contributed by atoms with Gasteiger partial charge in [-0.2, -0.15) is 13.8 Å². The van der Waals surface area contributed by atoms with Gasteiger partial charge in [-0.05, 0) is 6.92 Å². The summed E-state index contributed by atoms with van der Waals surface area (Å²) in [4.78, 5) is 14.4. The first-order valence-electron chi connectivity index (χ1n) is 4.12. The summed E-state index contributed by atoms with van der Waals surface area (Å²) in [5.41, 5.74) is 0. The van der Waals surface area contributed by atoms with Crippen molar-refractivity contribution in [1.29, 1.82) is 0 Å². The number of hydrogen-bond donors (Lipinski definition) is 0. The zero-order valence-electron chi connectivity index (χ0n) is 7.80. The van der Waals surface area contributed by atoms with Crippen molar-refractivity contribution < 1.29 is 22.7 Å². The maximum absolute atomic E-state index is 12.3. The minimum Gasteiger partial charge on any atom is -0.460 e. The predicted octanol–water partition coefficient (Wildman–Crippen LogP) is 2.49. The molecule has 0 aromatic carbocycles. The standard InChI is InChI=1S/C8H8F3NO2S/c1-4-7(13)12-8(14-4)15-3-2-5(9)6(10)11/h4H,2-3H2,1H3. The molecule has 0 aromatic rings. The van der Waals surface area contributed by atoms with Gasteiger partial charge in [0.05, 0.1) is 0 Å². The topological polar surface area (TPSA) is 38.7 Å². The van der Waals surface area contributed by atoms with E-state index in [-0.39, 0.29) is 11.0 Å². The fourth-order valence-corrected chi connectivity index (χ4v) is 1.62. The molecule has 1 aliphatic rings. The van der Waals surface area contributed by atoms with Crippen LogP contribution in [-0.4, -0.2) is 23.0 Å². The summed E-state index contributed by atoms with van der Waals surface area (Å²) in [6, 6.07) is 0. The first kappa shape index (κ1) is 12.1. The molecule has 1 amide bonds. The van der Waals surface area contributed by atoms with E-state index in [0.29, 0.717) is 0 Å². The van der Waals surface area contributed by atoms with Crippen LogP contribution in [0.25, 0.3) is 0 Å². The van der Waals surface area contributed by atoms with Crippen molar-refractivity contribution in [2.45, 2.75) is 19.4 Å². The number of halogens is 3. The fraction of sp³-hybridized carbons (Fsp3) is 0.500. The second-order valence-electron chi connectivity index (χ2n) is 2.74. The fourth-order valence-electron chi connectivity index (χ4n) is 0.798. The van der Waals surface area contributed by atoms with Crippen molar-refractivity contribution in [2.75, 3.05) is 5.75 Å². The van der Waals surface area contributed by atoms with Gasteiger partial charge in [0, 0.05) is 12.2 Å². The number of thioether (sulfide) groups is 1. The van der Waals surface area contributed by atoms with Crippen molar-refractivity contribution in [2.24, 2.45) is 4.99 Å². The third-order valence-electron chi connectivity index (χ3n) is 1.58. The number of nitrogens with zero attached hydrogens (tertiary/aromatic N) is 1. The van der Waals surface area contributed by atoms with Gasteiger partial charge >= 0.3 is 6.08 Å². The SMILES string of the molecule is CC1OC(SCCC(F)=C(F)F)=NC1=O. The molecule has 0 radical (unpaired) electrons. The zero-order valence-corrected chi connectivity index (χ0v) is 8.61. The molecule has 0 N–H and O–H groups in total. The predicted molar refractivity (Wildman–Crippen MR) is 50.4 cm³/mol. The second kappa shape index (κ2) is 5.20. The molecule has 0 saturated carbocycles. The van der Waals surface area contributed by atoms with Crippen LogP contribution in [0.2, 0.25) is 0 Å². The highest BCUT2D eigenvalue weighted by atomic mass is 32.2. The van der Waals surface area contributed by atoms with Crippen LogP contribution in [0.4, 0.5) is 13.2 Å². The second-order valence-corrected chi connectivity index (χ2v) is 3.79. The number of hydrogen-bond acceptors (Lipinski definition) is 3. The van der Waals surface area contributed by atoms with Crippen LogP contribution in [0.3, 0.4) is 0 Å². The van der Waals surface area contributed by atoms with Gasteiger partial charge in [-0.15, -0.1) is 0 Å². The molecule has 15 heavy (non-hydrogen) atoms. The minimum atomic E-state index is -2.31. The molecule has 0 aliphatic carbocycles. The first-order valence-corrected chi connectivity index (χ1v) is 5.11. The van der Waals surface area contributed by atoms with Crippen molar-refractivity contribution >= 4 is 22.9 Å². The van der Waals surface area contributed by atoms with Gasteiger partial charge in [0.15, 0.2) is 11.9 Å². The Bertz CT molecular complexity index is 326. The maximum Gasteiger partial charge on any atom is 0.301 e. The molecule has 84 valence electrons. The molecule has 1 atom stereocenters. The summed E-state index contributed by atoms with van der Waals surface area (Å²) in [5, 5.41) is 0.111. The van der Waals surface area contributed by atoms with Crippen LogP contribution in [0, 0.1) is 0 Å². The normalized spacial score (nSPS) is 19.9. The lowest BCUT2D eigenvalue weighted by atomic mass is 10.4. The summed E-state index contributed by atoms with van der Waals surface area (Å²) < 4.78 is 40.5. The number of allylic oxidation sites excluding steroid dienone is 1. The number of amides is 1. The summed E-state index contributed by atoms with van der Waals surface area (Å²) in [7, 11) is 0. The van der Waals surface area contributed by atoms with E-state index >= 15 is 0 Å². The van der Waals surface area contributed by atoms with Crippen LogP contribution in [0.15, 0.2) is 16.9 Å². The lowest BCUT2D eigenvalue weighted by Crippen LogP contribution is -2.11. The Morgan fingerprint density at radius 1 is 1.53 bits per heavy atom. The Morgan fingerprint density at radius 3 is 2.67 bits per heavy atom. The Labute approximate surface area is 88.4 Å². The van der Waals surface area contributed by atoms with Crippen molar-refractivity contribution in [3.05, 3.63) is 11.9 Å². The third-order valence-corrected chi connectivity index (χ3v) is 2.42. The number of ether oxygens (including phenoxy) is 1. The van der Waals surface area contributed by atoms with E-state index < -0.39 is 30.3 Å². The largest absolute Gasteiger partial charge is 0.460 e. The molecule has 0 fully saturated rings. The van der Waals surface area contributed by atoms with E-state index in [9.17, 15) is 18.0 Å². The van der Waals surface area contributed by atoms with Crippen LogP contribution >= 0.6 is 11.8 Å². The molecule has 0 aromatic heterocycles. The van der Waals surface area contributed by atoms with Crippen LogP contribution in [0.5, 0.6) is 0 Å². The smallest absolute Gasteiger partial charge is 0.301 e. The average Bonchev–Trinajstić information content (AvgIpc) is 2.46. The van der Waals surface area contributed by atoms with Gasteiger partial charge in [0.1, 0.15) is 0 Å². The van der Waals surface area contributed by atoms with Crippen molar-refractivity contribution in [1.82, 2.24) is 0 Å². The lowest BCUT2D eigenvalue weighted by molar-refractivity contribution is -0.121. The molecule has 0 spiro atoms. The summed E-state index contributed by atoms with van der Waals surface area (Å²) in [6.45, 7) is 1.53. The van der Waals surface area contributed by atoms with E-state index in [2.05, 4.69) is 4.99 Å². The Balaban J connectivity index is 2.31. The van der Waals surface area contributed by atoms with Gasteiger partial charge in [0.25, 0.3) is 11.1 Å². The van der Waals surface area contributed by atoms with Crippen molar-refractivity contribution in [3.8, 4) is 0 Å². The van der Waals surface area contributed by atoms with E-state index in [1.807, 2.05) is 0 Å². The van der Waals surface area contributed by atoms with E-state index in [0.717, 1.165) is 11.8 Å². The number of carbonyl (C=O) groups excluding carboxylic acids is 1. The highest BCUT2D eigenvalue weighted by Crippen LogP contribution is 2.20. The lowest BCUT2D eigenvalue weighted by Gasteiger charge is -2.02. The molecule has 1 aliphatic heterocycles. The number of carbonyl (C=O) groups is 1. The highest BCUT2D eigenvalue weighted by molar-refractivity contribution is 8.13. The van der Waals surface area contributed by atoms with Crippen molar-refractivity contribution in [3.63, 3.8) is 0 Å². The van der Waals surface area contributed by atoms with Crippen LogP contribution in [0.1, 0.15) is 13.3 Å². The van der Waals surface area contributed by atoms with Gasteiger partial charge in [-0.3, -0.25) is 4.79 Å². The molecule has 3 nitrogen and oxygen atoms in total. The van der Waals surface area contributed by atoms with Gasteiger partial charge in [-0.25, -0.2) is 4.39 Å². The first-order chi connectivity index (χ1) is 7.00. The maximum atomic E-state index is 12.3. The third kappa shape index (κ3) is 3.58. The summed E-state index contributed by atoms with van der Waals surface area (Å²) in [5.74, 6) is -1.80. The molecular weight excluding hydrogens is 231 g/mol. The zero-order chi connectivity index (χ0) is 11.4. The average molecular weight is 239 g/mol. The molecule has 1 rings (SSSR count). The highest BCUT2D eigenvalue weighted by Gasteiger charge is 2.24. The molecule has 1 heterocycles. The quantitative estimate of drug-likeness (QED) is 0.759. The number of aliphatic imine (C=N–C) groups is 1. The van der Waals surface area contributed by atoms with Gasteiger partial charge in [-0.1, -0.05) is 11.8 Å². The number of rotatable bonds is 3. The van der Waals surface area contributed by atoms with Gasteiger partial charge < -0.3 is 4.74 Å². The summed E-state index contributed by atoms with van der Waals surface area (Å²) >= 11 is 0.937. The van der Waals surface area contributed by atoms with Gasteiger partial charge in [0.2, 0.25) is 0 Å². The van der Waals surface area contributed by atoms with Crippen LogP contribution < -0.4 is 0 Å². The molecule has 7 heteroatoms.